The molecule has 0 atom stereocenters. The molecule has 6 heteroatoms. The van der Waals surface area contributed by atoms with Crippen LogP contribution in [0.3, 0.4) is 0 Å². The van der Waals surface area contributed by atoms with Crippen LogP contribution in [-0.2, 0) is 14.3 Å². The van der Waals surface area contributed by atoms with Crippen LogP contribution in [0.5, 0.6) is 0 Å². The number of amides is 1. The van der Waals surface area contributed by atoms with E-state index < -0.39 is 0 Å². The van der Waals surface area contributed by atoms with E-state index in [2.05, 4.69) is 29.0 Å². The predicted molar refractivity (Wildman–Crippen MR) is 78.5 cm³/mol. The van der Waals surface area contributed by atoms with Crippen molar-refractivity contribution in [3.8, 4) is 0 Å². The van der Waals surface area contributed by atoms with Gasteiger partial charge in [0.1, 0.15) is 0 Å². The normalized spacial score (nSPS) is 15.7. The summed E-state index contributed by atoms with van der Waals surface area (Å²) in [5, 5.41) is 5.84. The Hall–Kier alpha value is -1.11. The van der Waals surface area contributed by atoms with Crippen molar-refractivity contribution < 1.29 is 14.3 Å². The number of nitrogens with one attached hydrogen (secondary N) is 2. The summed E-state index contributed by atoms with van der Waals surface area (Å²) < 4.78 is 10.7. The first-order valence-electron chi connectivity index (χ1n) is 7.27. The number of hydrogen-bond acceptors (Lipinski definition) is 5. The van der Waals surface area contributed by atoms with Crippen LogP contribution in [0.2, 0.25) is 0 Å². The summed E-state index contributed by atoms with van der Waals surface area (Å²) >= 11 is 0. The topological polar surface area (TPSA) is 62.8 Å². The molecule has 0 radical (unpaired) electrons. The largest absolute Gasteiger partial charge is 0.389 e. The molecule has 2 N–H and O–H groups in total. The highest BCUT2D eigenvalue weighted by Gasteiger charge is 2.30. The van der Waals surface area contributed by atoms with Crippen molar-refractivity contribution in [2.75, 3.05) is 59.2 Å². The first-order valence-corrected chi connectivity index (χ1v) is 7.27. The number of carbonyl (C=O) groups excluding carboxylic acids is 1. The lowest BCUT2D eigenvalue weighted by Crippen LogP contribution is -2.53. The molecule has 0 aromatic rings. The van der Waals surface area contributed by atoms with E-state index in [9.17, 15) is 4.79 Å². The molecule has 1 heterocycles. The number of hydrogen-bond donors (Lipinski definition) is 2. The van der Waals surface area contributed by atoms with Crippen molar-refractivity contribution in [3.63, 3.8) is 0 Å². The summed E-state index contributed by atoms with van der Waals surface area (Å²) in [6, 6.07) is 0. The second-order valence-corrected chi connectivity index (χ2v) is 4.72. The maximum atomic E-state index is 11.7. The number of ether oxygens (including phenoxy) is 2. The summed E-state index contributed by atoms with van der Waals surface area (Å²) in [5.41, 5.74) is 0. The van der Waals surface area contributed by atoms with Gasteiger partial charge in [-0.25, -0.2) is 0 Å². The van der Waals surface area contributed by atoms with Crippen LogP contribution in [0.1, 0.15) is 6.92 Å². The quantitative estimate of drug-likeness (QED) is 0.487. The van der Waals surface area contributed by atoms with Gasteiger partial charge < -0.3 is 25.0 Å². The van der Waals surface area contributed by atoms with Crippen molar-refractivity contribution in [1.82, 2.24) is 15.5 Å². The monoisotopic (exact) mass is 285 g/mol. The van der Waals surface area contributed by atoms with Crippen LogP contribution in [-0.4, -0.2) is 70.0 Å². The SMILES string of the molecule is C=CNCCOCCOCCNC(=O)C1CN(CC)C1. The fourth-order valence-corrected chi connectivity index (χ4v) is 1.94. The Morgan fingerprint density at radius 1 is 1.25 bits per heavy atom. The molecule has 0 aromatic heterocycles. The van der Waals surface area contributed by atoms with Gasteiger partial charge in [-0.15, -0.1) is 0 Å². The molecule has 1 amide bonds. The first kappa shape index (κ1) is 16.9. The Morgan fingerprint density at radius 2 is 1.90 bits per heavy atom. The van der Waals surface area contributed by atoms with E-state index in [0.29, 0.717) is 33.0 Å². The smallest absolute Gasteiger partial charge is 0.225 e. The third kappa shape index (κ3) is 6.88. The van der Waals surface area contributed by atoms with E-state index in [1.807, 2.05) is 0 Å². The van der Waals surface area contributed by atoms with E-state index in [-0.39, 0.29) is 11.8 Å². The molecule has 0 aliphatic carbocycles. The van der Waals surface area contributed by atoms with E-state index in [1.165, 1.54) is 0 Å². The fraction of sp³-hybridized carbons (Fsp3) is 0.786. The third-order valence-electron chi connectivity index (χ3n) is 3.23. The maximum Gasteiger partial charge on any atom is 0.225 e. The Balaban J connectivity index is 1.80. The fourth-order valence-electron chi connectivity index (χ4n) is 1.94. The average molecular weight is 285 g/mol. The first-order chi connectivity index (χ1) is 9.77. The van der Waals surface area contributed by atoms with Crippen molar-refractivity contribution in [2.24, 2.45) is 5.92 Å². The highest BCUT2D eigenvalue weighted by Crippen LogP contribution is 2.14. The molecule has 20 heavy (non-hydrogen) atoms. The van der Waals surface area contributed by atoms with Crippen LogP contribution in [0.4, 0.5) is 0 Å². The highest BCUT2D eigenvalue weighted by atomic mass is 16.5. The molecule has 1 rings (SSSR count). The Labute approximate surface area is 121 Å². The molecule has 0 bridgehead atoms. The molecule has 6 nitrogen and oxygen atoms in total. The molecule has 0 spiro atoms. The van der Waals surface area contributed by atoms with Gasteiger partial charge in [0.2, 0.25) is 5.91 Å². The van der Waals surface area contributed by atoms with E-state index in [0.717, 1.165) is 26.2 Å². The summed E-state index contributed by atoms with van der Waals surface area (Å²) in [4.78, 5) is 13.9. The lowest BCUT2D eigenvalue weighted by molar-refractivity contribution is -0.130. The summed E-state index contributed by atoms with van der Waals surface area (Å²) in [7, 11) is 0. The molecule has 1 aliphatic heterocycles. The van der Waals surface area contributed by atoms with Gasteiger partial charge in [0.15, 0.2) is 0 Å². The predicted octanol–water partition coefficient (Wildman–Crippen LogP) is -0.179. The molecule has 0 unspecified atom stereocenters. The Morgan fingerprint density at radius 3 is 2.50 bits per heavy atom. The molecular formula is C14H27N3O3. The minimum absolute atomic E-state index is 0.144. The van der Waals surface area contributed by atoms with Crippen LogP contribution >= 0.6 is 0 Å². The van der Waals surface area contributed by atoms with Crippen LogP contribution in [0.25, 0.3) is 0 Å². The van der Waals surface area contributed by atoms with Gasteiger partial charge >= 0.3 is 0 Å². The molecular weight excluding hydrogens is 258 g/mol. The van der Waals surface area contributed by atoms with Gasteiger partial charge in [0.05, 0.1) is 32.3 Å². The van der Waals surface area contributed by atoms with Crippen molar-refractivity contribution in [2.45, 2.75) is 6.92 Å². The van der Waals surface area contributed by atoms with Crippen molar-refractivity contribution >= 4 is 5.91 Å². The Bertz CT molecular complexity index is 281. The van der Waals surface area contributed by atoms with Gasteiger partial charge in [-0.05, 0) is 12.7 Å². The van der Waals surface area contributed by atoms with E-state index in [4.69, 9.17) is 9.47 Å². The van der Waals surface area contributed by atoms with Gasteiger partial charge in [0.25, 0.3) is 0 Å². The minimum atomic E-state index is 0.144. The number of nitrogens with zero attached hydrogens (tertiary/aromatic N) is 1. The van der Waals surface area contributed by atoms with Crippen LogP contribution < -0.4 is 10.6 Å². The molecule has 1 fully saturated rings. The number of carbonyl (C=O) groups is 1. The second-order valence-electron chi connectivity index (χ2n) is 4.72. The average Bonchev–Trinajstić information content (AvgIpc) is 2.40. The second kappa shape index (κ2) is 10.7. The lowest BCUT2D eigenvalue weighted by Gasteiger charge is -2.37. The van der Waals surface area contributed by atoms with Crippen LogP contribution in [0, 0.1) is 5.92 Å². The highest BCUT2D eigenvalue weighted by molar-refractivity contribution is 5.79. The Kier molecular flexibility index (Phi) is 9.02. The zero-order valence-electron chi connectivity index (χ0n) is 12.4. The number of rotatable bonds is 12. The summed E-state index contributed by atoms with van der Waals surface area (Å²) in [5.74, 6) is 0.306. The molecule has 0 saturated carbocycles. The van der Waals surface area contributed by atoms with E-state index >= 15 is 0 Å². The molecule has 116 valence electrons. The van der Waals surface area contributed by atoms with Gasteiger partial charge in [0, 0.05) is 26.2 Å². The standard InChI is InChI=1S/C14H27N3O3/c1-3-15-5-7-19-9-10-20-8-6-16-14(18)13-11-17(4-2)12-13/h3,13,15H,1,4-12H2,2H3,(H,16,18). The van der Waals surface area contributed by atoms with Crippen molar-refractivity contribution in [1.29, 1.82) is 0 Å². The lowest BCUT2D eigenvalue weighted by atomic mass is 9.99. The zero-order valence-corrected chi connectivity index (χ0v) is 12.4. The maximum absolute atomic E-state index is 11.7. The summed E-state index contributed by atoms with van der Waals surface area (Å²) in [6.45, 7) is 12.1. The summed E-state index contributed by atoms with van der Waals surface area (Å²) in [6.07, 6.45) is 1.64. The molecule has 1 aliphatic rings. The van der Waals surface area contributed by atoms with E-state index in [1.54, 1.807) is 6.20 Å². The third-order valence-corrected chi connectivity index (χ3v) is 3.23. The van der Waals surface area contributed by atoms with Gasteiger partial charge in [-0.1, -0.05) is 13.5 Å². The van der Waals surface area contributed by atoms with Crippen LogP contribution in [0.15, 0.2) is 12.8 Å². The molecule has 1 saturated heterocycles. The minimum Gasteiger partial charge on any atom is -0.389 e. The number of likely N-dealkylation sites (tertiary alicyclic amines) is 1. The molecule has 0 aromatic carbocycles. The van der Waals surface area contributed by atoms with Crippen molar-refractivity contribution in [3.05, 3.63) is 12.8 Å². The van der Waals surface area contributed by atoms with Gasteiger partial charge in [-0.2, -0.15) is 0 Å². The van der Waals surface area contributed by atoms with Gasteiger partial charge in [-0.3, -0.25) is 4.79 Å². The zero-order chi connectivity index (χ0) is 14.6.